The van der Waals surface area contributed by atoms with Crippen LogP contribution < -0.4 is 9.46 Å². The van der Waals surface area contributed by atoms with Crippen molar-refractivity contribution < 1.29 is 17.9 Å². The van der Waals surface area contributed by atoms with Gasteiger partial charge in [0, 0.05) is 24.8 Å². The molecule has 1 N–H and O–H groups in total. The summed E-state index contributed by atoms with van der Waals surface area (Å²) in [6, 6.07) is 12.5. The Morgan fingerprint density at radius 3 is 2.19 bits per heavy atom. The van der Waals surface area contributed by atoms with Gasteiger partial charge in [0.05, 0.1) is 12.0 Å². The fraction of sp³-hybridized carbons (Fsp3) is 0.350. The van der Waals surface area contributed by atoms with E-state index >= 15 is 0 Å². The first-order chi connectivity index (χ1) is 12.7. The van der Waals surface area contributed by atoms with Gasteiger partial charge in [-0.15, -0.1) is 0 Å². The maximum absolute atomic E-state index is 12.5. The number of ether oxygens (including phenoxy) is 1. The van der Waals surface area contributed by atoms with Crippen LogP contribution in [-0.2, 0) is 10.0 Å². The first kappa shape index (κ1) is 20.8. The highest BCUT2D eigenvalue weighted by molar-refractivity contribution is 7.92. The number of sulfonamides is 1. The Balaban J connectivity index is 2.09. The van der Waals surface area contributed by atoms with Crippen LogP contribution in [0.15, 0.2) is 53.4 Å². The molecule has 1 amide bonds. The Kier molecular flexibility index (Phi) is 6.85. The summed E-state index contributed by atoms with van der Waals surface area (Å²) in [5.74, 6) is 1.03. The quantitative estimate of drug-likeness (QED) is 0.747. The van der Waals surface area contributed by atoms with Crippen molar-refractivity contribution in [3.05, 3.63) is 54.1 Å². The minimum absolute atomic E-state index is 0.0969. The fourth-order valence-corrected chi connectivity index (χ4v) is 3.48. The standard InChI is InChI=1S/C20H26N2O4S/c1-15(2)13-14-22(3)20(23)16-5-11-19(12-6-16)27(24,25)21-17-7-9-18(26-4)10-8-17/h5-12,15,21H,13-14H2,1-4H3. The lowest BCUT2D eigenvalue weighted by molar-refractivity contribution is 0.0789. The van der Waals surface area contributed by atoms with Gasteiger partial charge in [0.1, 0.15) is 5.75 Å². The molecule has 0 unspecified atom stereocenters. The highest BCUT2D eigenvalue weighted by Gasteiger charge is 2.17. The molecule has 0 saturated carbocycles. The molecule has 2 rings (SSSR count). The summed E-state index contributed by atoms with van der Waals surface area (Å²) in [4.78, 5) is 14.2. The molecular weight excluding hydrogens is 364 g/mol. The van der Waals surface area contributed by atoms with Gasteiger partial charge in [-0.1, -0.05) is 13.8 Å². The maximum atomic E-state index is 12.5. The van der Waals surface area contributed by atoms with Gasteiger partial charge < -0.3 is 9.64 Å². The summed E-state index contributed by atoms with van der Waals surface area (Å²) >= 11 is 0. The predicted octanol–water partition coefficient (Wildman–Crippen LogP) is 3.61. The van der Waals surface area contributed by atoms with Gasteiger partial charge in [-0.05, 0) is 60.9 Å². The zero-order valence-corrected chi connectivity index (χ0v) is 16.9. The number of rotatable bonds is 8. The van der Waals surface area contributed by atoms with Crippen LogP contribution in [-0.4, -0.2) is 39.9 Å². The van der Waals surface area contributed by atoms with Crippen molar-refractivity contribution >= 4 is 21.6 Å². The predicted molar refractivity (Wildman–Crippen MR) is 107 cm³/mol. The number of carbonyl (C=O) groups is 1. The Bertz CT molecular complexity index is 860. The van der Waals surface area contributed by atoms with E-state index in [-0.39, 0.29) is 10.8 Å². The summed E-state index contributed by atoms with van der Waals surface area (Å²) in [6.45, 7) is 4.87. The minimum Gasteiger partial charge on any atom is -0.497 e. The molecule has 2 aromatic rings. The number of hydrogen-bond acceptors (Lipinski definition) is 4. The number of amides is 1. The minimum atomic E-state index is -3.73. The highest BCUT2D eigenvalue weighted by Crippen LogP contribution is 2.20. The van der Waals surface area contributed by atoms with Crippen molar-refractivity contribution in [2.75, 3.05) is 25.4 Å². The number of hydrogen-bond donors (Lipinski definition) is 1. The van der Waals surface area contributed by atoms with Gasteiger partial charge in [0.2, 0.25) is 0 Å². The van der Waals surface area contributed by atoms with Gasteiger partial charge in [-0.3, -0.25) is 9.52 Å². The van der Waals surface area contributed by atoms with E-state index < -0.39 is 10.0 Å². The summed E-state index contributed by atoms with van der Waals surface area (Å²) in [7, 11) is -0.438. The van der Waals surface area contributed by atoms with Crippen LogP contribution in [0.5, 0.6) is 5.75 Å². The number of nitrogens with zero attached hydrogens (tertiary/aromatic N) is 1. The Morgan fingerprint density at radius 2 is 1.67 bits per heavy atom. The maximum Gasteiger partial charge on any atom is 0.261 e. The van der Waals surface area contributed by atoms with E-state index in [0.29, 0.717) is 29.5 Å². The van der Waals surface area contributed by atoms with E-state index in [9.17, 15) is 13.2 Å². The monoisotopic (exact) mass is 390 g/mol. The first-order valence-electron chi connectivity index (χ1n) is 8.75. The van der Waals surface area contributed by atoms with Crippen LogP contribution in [0.1, 0.15) is 30.6 Å². The third-order valence-electron chi connectivity index (χ3n) is 4.14. The smallest absolute Gasteiger partial charge is 0.261 e. The Labute approximate surface area is 161 Å². The van der Waals surface area contributed by atoms with Crippen molar-refractivity contribution in [2.24, 2.45) is 5.92 Å². The average Bonchev–Trinajstić information content (AvgIpc) is 2.66. The second kappa shape index (κ2) is 8.90. The molecule has 146 valence electrons. The van der Waals surface area contributed by atoms with E-state index in [1.807, 2.05) is 0 Å². The van der Waals surface area contributed by atoms with Crippen molar-refractivity contribution in [2.45, 2.75) is 25.2 Å². The van der Waals surface area contributed by atoms with Crippen molar-refractivity contribution in [3.63, 3.8) is 0 Å². The molecule has 0 aliphatic rings. The number of nitrogens with one attached hydrogen (secondary N) is 1. The van der Waals surface area contributed by atoms with Crippen LogP contribution >= 0.6 is 0 Å². The van der Waals surface area contributed by atoms with Crippen LogP contribution in [0.4, 0.5) is 5.69 Å². The molecule has 0 saturated heterocycles. The van der Waals surface area contributed by atoms with E-state index in [2.05, 4.69) is 18.6 Å². The van der Waals surface area contributed by atoms with E-state index in [1.165, 1.54) is 24.3 Å². The van der Waals surface area contributed by atoms with E-state index in [4.69, 9.17) is 4.74 Å². The van der Waals surface area contributed by atoms with Crippen molar-refractivity contribution in [1.82, 2.24) is 4.90 Å². The number of carbonyl (C=O) groups excluding carboxylic acids is 1. The average molecular weight is 391 g/mol. The molecule has 0 radical (unpaired) electrons. The number of anilines is 1. The molecule has 27 heavy (non-hydrogen) atoms. The Hall–Kier alpha value is -2.54. The molecule has 0 aromatic heterocycles. The zero-order valence-electron chi connectivity index (χ0n) is 16.1. The highest BCUT2D eigenvalue weighted by atomic mass is 32.2. The lowest BCUT2D eigenvalue weighted by atomic mass is 10.1. The van der Waals surface area contributed by atoms with Gasteiger partial charge in [0.15, 0.2) is 0 Å². The van der Waals surface area contributed by atoms with Crippen LogP contribution in [0.25, 0.3) is 0 Å². The SMILES string of the molecule is COc1ccc(NS(=O)(=O)c2ccc(C(=O)N(C)CCC(C)C)cc2)cc1. The third kappa shape index (κ3) is 5.72. The zero-order chi connectivity index (χ0) is 20.0. The number of benzene rings is 2. The Morgan fingerprint density at radius 1 is 1.07 bits per heavy atom. The molecule has 0 bridgehead atoms. The van der Waals surface area contributed by atoms with Crippen LogP contribution in [0, 0.1) is 5.92 Å². The summed E-state index contributed by atoms with van der Waals surface area (Å²) < 4.78 is 32.6. The molecule has 0 atom stereocenters. The second-order valence-corrected chi connectivity index (χ2v) is 8.45. The molecule has 7 heteroatoms. The molecule has 6 nitrogen and oxygen atoms in total. The van der Waals surface area contributed by atoms with Gasteiger partial charge in [-0.2, -0.15) is 0 Å². The van der Waals surface area contributed by atoms with Gasteiger partial charge in [0.25, 0.3) is 15.9 Å². The van der Waals surface area contributed by atoms with E-state index in [0.717, 1.165) is 6.42 Å². The summed E-state index contributed by atoms with van der Waals surface area (Å²) in [5.41, 5.74) is 0.897. The summed E-state index contributed by atoms with van der Waals surface area (Å²) in [6.07, 6.45) is 0.917. The van der Waals surface area contributed by atoms with Crippen LogP contribution in [0.3, 0.4) is 0 Å². The van der Waals surface area contributed by atoms with Crippen molar-refractivity contribution in [3.8, 4) is 5.75 Å². The first-order valence-corrected chi connectivity index (χ1v) is 10.2. The van der Waals surface area contributed by atoms with Crippen LogP contribution in [0.2, 0.25) is 0 Å². The summed E-state index contributed by atoms with van der Waals surface area (Å²) in [5, 5.41) is 0. The number of methoxy groups -OCH3 is 1. The van der Waals surface area contributed by atoms with Crippen molar-refractivity contribution in [1.29, 1.82) is 0 Å². The third-order valence-corrected chi connectivity index (χ3v) is 5.54. The van der Waals surface area contributed by atoms with Gasteiger partial charge >= 0.3 is 0 Å². The second-order valence-electron chi connectivity index (χ2n) is 6.77. The topological polar surface area (TPSA) is 75.7 Å². The molecule has 0 aliphatic heterocycles. The molecule has 0 spiro atoms. The fourth-order valence-electron chi connectivity index (χ4n) is 2.42. The largest absolute Gasteiger partial charge is 0.497 e. The lowest BCUT2D eigenvalue weighted by Gasteiger charge is -2.18. The molecule has 0 aliphatic carbocycles. The molecular formula is C20H26N2O4S. The van der Waals surface area contributed by atoms with Gasteiger partial charge in [-0.25, -0.2) is 8.42 Å². The molecule has 0 fully saturated rings. The lowest BCUT2D eigenvalue weighted by Crippen LogP contribution is -2.28. The molecule has 0 heterocycles. The van der Waals surface area contributed by atoms with E-state index in [1.54, 1.807) is 43.3 Å². The molecule has 2 aromatic carbocycles. The normalized spacial score (nSPS) is 11.3.